The average molecular weight is 320 g/mol. The van der Waals surface area contributed by atoms with Crippen LogP contribution in [-0.2, 0) is 15.3 Å². The summed E-state index contributed by atoms with van der Waals surface area (Å²) in [5.74, 6) is -0.117. The average Bonchev–Trinajstić information content (AvgIpc) is 2.68. The number of methoxy groups -OCH3 is 1. The minimum Gasteiger partial charge on any atom is -0.496 e. The molecule has 0 bridgehead atoms. The Morgan fingerprint density at radius 2 is 1.54 bits per heavy atom. The van der Waals surface area contributed by atoms with E-state index in [1.165, 1.54) is 0 Å². The molecule has 24 heavy (non-hydrogen) atoms. The van der Waals surface area contributed by atoms with E-state index in [0.717, 1.165) is 34.1 Å². The summed E-state index contributed by atoms with van der Waals surface area (Å²) in [5, 5.41) is 2.20. The summed E-state index contributed by atoms with van der Waals surface area (Å²) in [6, 6.07) is 22.4. The first-order chi connectivity index (χ1) is 11.8. The second kappa shape index (κ2) is 6.27. The molecular weight excluding hydrogens is 300 g/mol. The zero-order chi connectivity index (χ0) is 16.4. The first-order valence-electron chi connectivity index (χ1n) is 8.25. The van der Waals surface area contributed by atoms with E-state index in [2.05, 4.69) is 24.3 Å². The van der Waals surface area contributed by atoms with Crippen molar-refractivity contribution in [1.29, 1.82) is 0 Å². The first-order valence-corrected chi connectivity index (χ1v) is 8.25. The molecule has 0 aliphatic carbocycles. The third kappa shape index (κ3) is 2.37. The summed E-state index contributed by atoms with van der Waals surface area (Å²) in [6.45, 7) is 1.32. The summed E-state index contributed by atoms with van der Waals surface area (Å²) in [6.07, 6.45) is 0.893. The van der Waals surface area contributed by atoms with Crippen LogP contribution in [0.25, 0.3) is 10.8 Å². The van der Waals surface area contributed by atoms with E-state index in [9.17, 15) is 0 Å². The maximum Gasteiger partial charge on any atom is 0.226 e. The van der Waals surface area contributed by atoms with Crippen molar-refractivity contribution >= 4 is 10.8 Å². The lowest BCUT2D eigenvalue weighted by atomic mass is 9.93. The maximum atomic E-state index is 6.23. The Morgan fingerprint density at radius 1 is 0.833 bits per heavy atom. The highest BCUT2D eigenvalue weighted by Gasteiger charge is 2.41. The van der Waals surface area contributed by atoms with Gasteiger partial charge in [-0.1, -0.05) is 60.7 Å². The Hall–Kier alpha value is -2.36. The van der Waals surface area contributed by atoms with Crippen LogP contribution in [0.4, 0.5) is 0 Å². The summed E-state index contributed by atoms with van der Waals surface area (Å²) < 4.78 is 18.3. The van der Waals surface area contributed by atoms with Gasteiger partial charge < -0.3 is 14.2 Å². The predicted molar refractivity (Wildman–Crippen MR) is 94.2 cm³/mol. The number of rotatable bonds is 3. The predicted octanol–water partition coefficient (Wildman–Crippen LogP) is 4.49. The molecule has 1 aliphatic heterocycles. The molecule has 3 aromatic rings. The van der Waals surface area contributed by atoms with Gasteiger partial charge in [-0.15, -0.1) is 0 Å². The normalized spacial score (nSPS) is 16.9. The Balaban J connectivity index is 1.98. The van der Waals surface area contributed by atoms with Gasteiger partial charge in [0, 0.05) is 10.9 Å². The third-order valence-corrected chi connectivity index (χ3v) is 4.49. The summed E-state index contributed by atoms with van der Waals surface area (Å²) in [4.78, 5) is 0. The van der Waals surface area contributed by atoms with E-state index in [4.69, 9.17) is 14.2 Å². The third-order valence-electron chi connectivity index (χ3n) is 4.49. The van der Waals surface area contributed by atoms with Gasteiger partial charge in [0.15, 0.2) is 0 Å². The highest BCUT2D eigenvalue weighted by molar-refractivity contribution is 5.90. The lowest BCUT2D eigenvalue weighted by Gasteiger charge is -2.38. The number of benzene rings is 3. The van der Waals surface area contributed by atoms with Crippen molar-refractivity contribution in [2.75, 3.05) is 20.3 Å². The van der Waals surface area contributed by atoms with Crippen molar-refractivity contribution in [2.45, 2.75) is 12.2 Å². The van der Waals surface area contributed by atoms with Gasteiger partial charge in [-0.05, 0) is 17.9 Å². The smallest absolute Gasteiger partial charge is 0.226 e. The molecule has 1 saturated heterocycles. The number of hydrogen-bond donors (Lipinski definition) is 0. The number of hydrogen-bond acceptors (Lipinski definition) is 3. The Morgan fingerprint density at radius 3 is 2.29 bits per heavy atom. The van der Waals surface area contributed by atoms with Crippen LogP contribution in [0.3, 0.4) is 0 Å². The fourth-order valence-electron chi connectivity index (χ4n) is 3.39. The van der Waals surface area contributed by atoms with Crippen molar-refractivity contribution < 1.29 is 14.2 Å². The molecular formula is C21H20O3. The van der Waals surface area contributed by atoms with Gasteiger partial charge >= 0.3 is 0 Å². The molecule has 122 valence electrons. The Kier molecular flexibility index (Phi) is 3.97. The summed E-state index contributed by atoms with van der Waals surface area (Å²) in [5.41, 5.74) is 1.90. The molecule has 1 heterocycles. The van der Waals surface area contributed by atoms with Crippen LogP contribution in [0.2, 0.25) is 0 Å². The summed E-state index contributed by atoms with van der Waals surface area (Å²) >= 11 is 0. The molecule has 3 heteroatoms. The molecule has 0 N–H and O–H groups in total. The lowest BCUT2D eigenvalue weighted by molar-refractivity contribution is -0.249. The molecule has 0 radical (unpaired) electrons. The van der Waals surface area contributed by atoms with Gasteiger partial charge in [-0.25, -0.2) is 0 Å². The molecule has 0 spiro atoms. The van der Waals surface area contributed by atoms with Crippen molar-refractivity contribution in [1.82, 2.24) is 0 Å². The van der Waals surface area contributed by atoms with Crippen molar-refractivity contribution in [3.8, 4) is 5.75 Å². The van der Waals surface area contributed by atoms with Crippen LogP contribution in [0.15, 0.2) is 66.7 Å². The van der Waals surface area contributed by atoms with Gasteiger partial charge in [0.2, 0.25) is 5.79 Å². The van der Waals surface area contributed by atoms with Crippen LogP contribution in [0.1, 0.15) is 17.5 Å². The maximum absolute atomic E-state index is 6.23. The second-order valence-electron chi connectivity index (χ2n) is 5.90. The SMILES string of the molecule is COc1c(C2(c3ccccc3)OCCCO2)ccc2ccccc12. The Bertz CT molecular complexity index is 836. The fourth-order valence-corrected chi connectivity index (χ4v) is 3.39. The molecule has 3 aromatic carbocycles. The van der Waals surface area contributed by atoms with Gasteiger partial charge in [0.05, 0.1) is 25.9 Å². The van der Waals surface area contributed by atoms with Gasteiger partial charge in [0.1, 0.15) is 5.75 Å². The Labute approximate surface area is 141 Å². The minimum atomic E-state index is -0.922. The van der Waals surface area contributed by atoms with E-state index >= 15 is 0 Å². The standard InChI is InChI=1S/C21H20O3/c1-22-20-18-11-6-5-8-16(18)12-13-19(20)21(23-14-7-15-24-21)17-9-3-2-4-10-17/h2-6,8-13H,7,14-15H2,1H3. The zero-order valence-corrected chi connectivity index (χ0v) is 13.7. The second-order valence-corrected chi connectivity index (χ2v) is 5.90. The van der Waals surface area contributed by atoms with E-state index in [0.29, 0.717) is 13.2 Å². The number of fused-ring (bicyclic) bond motifs is 1. The van der Waals surface area contributed by atoms with Crippen LogP contribution >= 0.6 is 0 Å². The molecule has 0 atom stereocenters. The number of ether oxygens (including phenoxy) is 3. The monoisotopic (exact) mass is 320 g/mol. The van der Waals surface area contributed by atoms with Gasteiger partial charge in [-0.3, -0.25) is 0 Å². The molecule has 0 aromatic heterocycles. The first kappa shape index (κ1) is 15.2. The fraction of sp³-hybridized carbons (Fsp3) is 0.238. The van der Waals surface area contributed by atoms with Crippen molar-refractivity contribution in [3.05, 3.63) is 77.9 Å². The van der Waals surface area contributed by atoms with Crippen LogP contribution in [0, 0.1) is 0 Å². The zero-order valence-electron chi connectivity index (χ0n) is 13.7. The van der Waals surface area contributed by atoms with E-state index < -0.39 is 5.79 Å². The highest BCUT2D eigenvalue weighted by Crippen LogP contribution is 2.44. The molecule has 0 amide bonds. The van der Waals surface area contributed by atoms with Crippen molar-refractivity contribution in [3.63, 3.8) is 0 Å². The van der Waals surface area contributed by atoms with Crippen LogP contribution in [-0.4, -0.2) is 20.3 Å². The van der Waals surface area contributed by atoms with Crippen molar-refractivity contribution in [2.24, 2.45) is 0 Å². The molecule has 3 nitrogen and oxygen atoms in total. The molecule has 4 rings (SSSR count). The highest BCUT2D eigenvalue weighted by atomic mass is 16.7. The largest absolute Gasteiger partial charge is 0.496 e. The van der Waals surface area contributed by atoms with Gasteiger partial charge in [-0.2, -0.15) is 0 Å². The van der Waals surface area contributed by atoms with Crippen LogP contribution in [0.5, 0.6) is 5.75 Å². The van der Waals surface area contributed by atoms with E-state index in [1.54, 1.807) is 7.11 Å². The molecule has 0 saturated carbocycles. The lowest BCUT2D eigenvalue weighted by Crippen LogP contribution is -2.39. The molecule has 0 unspecified atom stereocenters. The minimum absolute atomic E-state index is 0.658. The summed E-state index contributed by atoms with van der Waals surface area (Å²) in [7, 11) is 1.70. The molecule has 1 aliphatic rings. The van der Waals surface area contributed by atoms with Crippen LogP contribution < -0.4 is 4.74 Å². The van der Waals surface area contributed by atoms with E-state index in [1.807, 2.05) is 42.5 Å². The quantitative estimate of drug-likeness (QED) is 0.712. The van der Waals surface area contributed by atoms with E-state index in [-0.39, 0.29) is 0 Å². The molecule has 1 fully saturated rings. The topological polar surface area (TPSA) is 27.7 Å². The van der Waals surface area contributed by atoms with Gasteiger partial charge in [0.25, 0.3) is 0 Å².